The highest BCUT2D eigenvalue weighted by atomic mass is 32.1. The third-order valence-corrected chi connectivity index (χ3v) is 3.93. The fraction of sp³-hybridized carbons (Fsp3) is 0.357. The van der Waals surface area contributed by atoms with E-state index < -0.39 is 0 Å². The van der Waals surface area contributed by atoms with Crippen LogP contribution >= 0.6 is 11.3 Å². The number of benzene rings is 1. The van der Waals surface area contributed by atoms with Crippen LogP contribution in [0.1, 0.15) is 23.7 Å². The number of carbonyl (C=O) groups is 1. The maximum absolute atomic E-state index is 12.4. The second kappa shape index (κ2) is 5.98. The predicted molar refractivity (Wildman–Crippen MR) is 75.1 cm³/mol. The van der Waals surface area contributed by atoms with Gasteiger partial charge in [0.1, 0.15) is 0 Å². The van der Waals surface area contributed by atoms with E-state index in [1.54, 1.807) is 16.2 Å². The molecule has 0 atom stereocenters. The monoisotopic (exact) mass is 263 g/mol. The summed E-state index contributed by atoms with van der Waals surface area (Å²) in [6, 6.07) is 7.95. The van der Waals surface area contributed by atoms with Crippen LogP contribution in [-0.2, 0) is 0 Å². The first-order valence-corrected chi connectivity index (χ1v) is 7.02. The highest BCUT2D eigenvalue weighted by Crippen LogP contribution is 2.26. The minimum Gasteiger partial charge on any atom is -0.396 e. The summed E-state index contributed by atoms with van der Waals surface area (Å²) in [6.07, 6.45) is 0.627. The number of fused-ring (bicyclic) bond motifs is 1. The molecule has 1 aromatic heterocycles. The molecule has 1 aromatic carbocycles. The third kappa shape index (κ3) is 2.54. The van der Waals surface area contributed by atoms with Gasteiger partial charge in [0, 0.05) is 35.2 Å². The Morgan fingerprint density at radius 1 is 1.39 bits per heavy atom. The molecular formula is C14H17NO2S. The number of amides is 1. The van der Waals surface area contributed by atoms with E-state index in [-0.39, 0.29) is 12.5 Å². The molecule has 0 saturated heterocycles. The maximum atomic E-state index is 12.4. The summed E-state index contributed by atoms with van der Waals surface area (Å²) in [5.74, 6) is 0.0587. The lowest BCUT2D eigenvalue weighted by molar-refractivity contribution is 0.0756. The largest absolute Gasteiger partial charge is 0.396 e. The number of aliphatic hydroxyl groups excluding tert-OH is 1. The van der Waals surface area contributed by atoms with E-state index in [0.29, 0.717) is 19.5 Å². The zero-order valence-corrected chi connectivity index (χ0v) is 11.2. The van der Waals surface area contributed by atoms with E-state index in [1.165, 1.54) is 0 Å². The van der Waals surface area contributed by atoms with Crippen molar-refractivity contribution in [2.75, 3.05) is 19.7 Å². The van der Waals surface area contributed by atoms with Gasteiger partial charge in [0.2, 0.25) is 0 Å². The minimum absolute atomic E-state index is 0.0587. The average Bonchev–Trinajstić information content (AvgIpc) is 2.83. The van der Waals surface area contributed by atoms with Crippen molar-refractivity contribution in [1.29, 1.82) is 0 Å². The predicted octanol–water partition coefficient (Wildman–Crippen LogP) is 2.75. The van der Waals surface area contributed by atoms with Crippen LogP contribution in [0.3, 0.4) is 0 Å². The Bertz CT molecular complexity index is 535. The molecule has 0 saturated carbocycles. The van der Waals surface area contributed by atoms with E-state index in [2.05, 4.69) is 0 Å². The average molecular weight is 263 g/mol. The van der Waals surface area contributed by atoms with Crippen molar-refractivity contribution in [2.45, 2.75) is 13.3 Å². The van der Waals surface area contributed by atoms with Crippen LogP contribution in [0, 0.1) is 0 Å². The van der Waals surface area contributed by atoms with Crippen LogP contribution in [0.2, 0.25) is 0 Å². The van der Waals surface area contributed by atoms with E-state index in [1.807, 2.05) is 36.6 Å². The van der Waals surface area contributed by atoms with E-state index >= 15 is 0 Å². The molecule has 96 valence electrons. The van der Waals surface area contributed by atoms with Crippen LogP contribution in [0.5, 0.6) is 0 Å². The smallest absolute Gasteiger partial charge is 0.255 e. The quantitative estimate of drug-likeness (QED) is 0.901. The molecule has 0 aliphatic carbocycles. The Balaban J connectivity index is 2.26. The molecule has 1 heterocycles. The first-order chi connectivity index (χ1) is 8.77. The Kier molecular flexibility index (Phi) is 4.33. The van der Waals surface area contributed by atoms with E-state index in [4.69, 9.17) is 5.11 Å². The second-order valence-electron chi connectivity index (χ2n) is 4.11. The Morgan fingerprint density at radius 3 is 2.89 bits per heavy atom. The molecule has 2 rings (SSSR count). The van der Waals surface area contributed by atoms with Gasteiger partial charge in [-0.3, -0.25) is 4.79 Å². The van der Waals surface area contributed by atoms with Gasteiger partial charge in [-0.15, -0.1) is 11.3 Å². The summed E-state index contributed by atoms with van der Waals surface area (Å²) in [5, 5.41) is 11.8. The topological polar surface area (TPSA) is 40.5 Å². The van der Waals surface area contributed by atoms with Gasteiger partial charge < -0.3 is 10.0 Å². The fourth-order valence-electron chi connectivity index (χ4n) is 1.98. The molecule has 0 unspecified atom stereocenters. The molecule has 1 N–H and O–H groups in total. The molecule has 0 bridgehead atoms. The van der Waals surface area contributed by atoms with Gasteiger partial charge >= 0.3 is 0 Å². The summed E-state index contributed by atoms with van der Waals surface area (Å²) in [6.45, 7) is 3.36. The Hall–Kier alpha value is -1.39. The van der Waals surface area contributed by atoms with Crippen LogP contribution in [0.25, 0.3) is 10.1 Å². The number of aliphatic hydroxyl groups is 1. The number of hydrogen-bond donors (Lipinski definition) is 1. The lowest BCUT2D eigenvalue weighted by Gasteiger charge is -2.20. The molecule has 4 heteroatoms. The zero-order chi connectivity index (χ0) is 13.0. The molecule has 1 amide bonds. The van der Waals surface area contributed by atoms with Crippen LogP contribution < -0.4 is 0 Å². The summed E-state index contributed by atoms with van der Waals surface area (Å²) >= 11 is 1.60. The third-order valence-electron chi connectivity index (χ3n) is 2.97. The fourth-order valence-corrected chi connectivity index (χ4v) is 2.91. The van der Waals surface area contributed by atoms with Crippen molar-refractivity contribution >= 4 is 27.3 Å². The number of thiophene rings is 1. The summed E-state index contributed by atoms with van der Waals surface area (Å²) in [7, 11) is 0. The number of carbonyl (C=O) groups excluding carboxylic acids is 1. The van der Waals surface area contributed by atoms with Gasteiger partial charge in [-0.05, 0) is 19.4 Å². The molecule has 0 aliphatic rings. The van der Waals surface area contributed by atoms with Crippen molar-refractivity contribution in [3.8, 4) is 0 Å². The van der Waals surface area contributed by atoms with E-state index in [9.17, 15) is 4.79 Å². The molecule has 0 aliphatic heterocycles. The van der Waals surface area contributed by atoms with Gasteiger partial charge in [-0.25, -0.2) is 0 Å². The van der Waals surface area contributed by atoms with Crippen LogP contribution in [0.4, 0.5) is 0 Å². The standard InChI is InChI=1S/C14H17NO2S/c1-2-15(8-5-9-16)14(17)12-10-18-13-7-4-3-6-11(12)13/h3-4,6-7,10,16H,2,5,8-9H2,1H3. The summed E-state index contributed by atoms with van der Waals surface area (Å²) < 4.78 is 1.14. The van der Waals surface area contributed by atoms with Crippen molar-refractivity contribution < 1.29 is 9.90 Å². The lowest BCUT2D eigenvalue weighted by Crippen LogP contribution is -2.32. The molecule has 0 fully saturated rings. The van der Waals surface area contributed by atoms with Crippen molar-refractivity contribution in [1.82, 2.24) is 4.90 Å². The van der Waals surface area contributed by atoms with Gasteiger partial charge in [0.15, 0.2) is 0 Å². The van der Waals surface area contributed by atoms with Gasteiger partial charge in [-0.1, -0.05) is 18.2 Å². The first-order valence-electron chi connectivity index (χ1n) is 6.14. The van der Waals surface area contributed by atoms with Crippen molar-refractivity contribution in [3.63, 3.8) is 0 Å². The van der Waals surface area contributed by atoms with Gasteiger partial charge in [0.05, 0.1) is 5.56 Å². The Morgan fingerprint density at radius 2 is 2.17 bits per heavy atom. The van der Waals surface area contributed by atoms with E-state index in [0.717, 1.165) is 15.6 Å². The number of hydrogen-bond acceptors (Lipinski definition) is 3. The van der Waals surface area contributed by atoms with Crippen molar-refractivity contribution in [2.24, 2.45) is 0 Å². The number of rotatable bonds is 5. The van der Waals surface area contributed by atoms with Crippen LogP contribution in [-0.4, -0.2) is 35.6 Å². The molecule has 0 spiro atoms. The highest BCUT2D eigenvalue weighted by molar-refractivity contribution is 7.17. The SMILES string of the molecule is CCN(CCCO)C(=O)c1csc2ccccc12. The molecule has 3 nitrogen and oxygen atoms in total. The maximum Gasteiger partial charge on any atom is 0.255 e. The lowest BCUT2D eigenvalue weighted by atomic mass is 10.1. The number of nitrogens with zero attached hydrogens (tertiary/aromatic N) is 1. The van der Waals surface area contributed by atoms with Gasteiger partial charge in [0.25, 0.3) is 5.91 Å². The molecule has 0 radical (unpaired) electrons. The molecule has 18 heavy (non-hydrogen) atoms. The minimum atomic E-state index is 0.0587. The second-order valence-corrected chi connectivity index (χ2v) is 5.02. The molecule has 2 aromatic rings. The first kappa shape index (κ1) is 13.1. The van der Waals surface area contributed by atoms with Crippen LogP contribution in [0.15, 0.2) is 29.6 Å². The normalized spacial score (nSPS) is 10.8. The highest BCUT2D eigenvalue weighted by Gasteiger charge is 2.17. The molecular weight excluding hydrogens is 246 g/mol. The summed E-state index contributed by atoms with van der Waals surface area (Å²) in [4.78, 5) is 14.2. The van der Waals surface area contributed by atoms with Gasteiger partial charge in [-0.2, -0.15) is 0 Å². The Labute approximate surface area is 111 Å². The summed E-state index contributed by atoms with van der Waals surface area (Å²) in [5.41, 5.74) is 0.774. The van der Waals surface area contributed by atoms with Crippen molar-refractivity contribution in [3.05, 3.63) is 35.2 Å². The zero-order valence-electron chi connectivity index (χ0n) is 10.4.